The van der Waals surface area contributed by atoms with Gasteiger partial charge in [-0.2, -0.15) is 5.26 Å². The maximum atomic E-state index is 11.0. The molecule has 0 aliphatic carbocycles. The topological polar surface area (TPSA) is 91.2 Å². The van der Waals surface area contributed by atoms with E-state index < -0.39 is 12.0 Å². The Morgan fingerprint density at radius 3 is 2.64 bits per heavy atom. The van der Waals surface area contributed by atoms with Gasteiger partial charge >= 0.3 is 12.0 Å². The number of carbonyl (C=O) groups is 2. The number of hydrogen-bond donors (Lipinski definition) is 2. The lowest BCUT2D eigenvalue weighted by molar-refractivity contribution is -0.138. The minimum Gasteiger partial charge on any atom is -0.462 e. The number of nitriles is 1. The number of hydrogen-bond acceptors (Lipinski definition) is 4. The van der Waals surface area contributed by atoms with Crippen molar-refractivity contribution in [1.82, 2.24) is 10.6 Å². The van der Waals surface area contributed by atoms with E-state index in [4.69, 9.17) is 5.26 Å². The fourth-order valence-electron chi connectivity index (χ4n) is 0.556. The quantitative estimate of drug-likeness (QED) is 0.375. The summed E-state index contributed by atoms with van der Waals surface area (Å²) < 4.78 is 4.56. The van der Waals surface area contributed by atoms with E-state index >= 15 is 0 Å². The highest BCUT2D eigenvalue weighted by Crippen LogP contribution is 1.94. The van der Waals surface area contributed by atoms with Gasteiger partial charge in [0.25, 0.3) is 0 Å². The van der Waals surface area contributed by atoms with Crippen molar-refractivity contribution in [2.45, 2.75) is 6.92 Å². The molecule has 0 saturated heterocycles. The molecule has 0 saturated carbocycles. The minimum atomic E-state index is -0.758. The van der Waals surface area contributed by atoms with Crippen molar-refractivity contribution in [2.75, 3.05) is 13.7 Å². The Morgan fingerprint density at radius 2 is 2.21 bits per heavy atom. The van der Waals surface area contributed by atoms with Crippen LogP contribution in [0.25, 0.3) is 0 Å². The normalized spacial score (nSPS) is 9.93. The molecular weight excluding hydrogens is 186 g/mol. The molecule has 2 amide bonds. The summed E-state index contributed by atoms with van der Waals surface area (Å²) in [7, 11) is 1.42. The summed E-state index contributed by atoms with van der Waals surface area (Å²) in [5.74, 6) is -0.758. The number of amides is 2. The molecule has 0 atom stereocenters. The SMILES string of the molecule is CCOC(=O)C(C#N)=CNC(=O)NC. The van der Waals surface area contributed by atoms with E-state index in [-0.39, 0.29) is 12.2 Å². The van der Waals surface area contributed by atoms with Gasteiger partial charge < -0.3 is 15.4 Å². The lowest BCUT2D eigenvalue weighted by Gasteiger charge is -2.00. The first-order valence-electron chi connectivity index (χ1n) is 3.91. The highest BCUT2D eigenvalue weighted by molar-refractivity contribution is 5.93. The number of carbonyl (C=O) groups excluding carboxylic acids is 2. The zero-order valence-corrected chi connectivity index (χ0v) is 7.96. The molecule has 0 aromatic rings. The Kier molecular flexibility index (Phi) is 5.54. The molecule has 2 N–H and O–H groups in total. The van der Waals surface area contributed by atoms with Gasteiger partial charge in [0.05, 0.1) is 6.61 Å². The summed E-state index contributed by atoms with van der Waals surface area (Å²) in [5.41, 5.74) is -0.254. The standard InChI is InChI=1S/C8H11N3O3/c1-3-14-7(12)6(4-9)5-11-8(13)10-2/h5H,3H2,1-2H3,(H2,10,11,13). The minimum absolute atomic E-state index is 0.178. The van der Waals surface area contributed by atoms with Crippen molar-refractivity contribution in [3.8, 4) is 6.07 Å². The fraction of sp³-hybridized carbons (Fsp3) is 0.375. The first kappa shape index (κ1) is 12.0. The molecule has 6 heteroatoms. The molecule has 0 fully saturated rings. The average molecular weight is 197 g/mol. The van der Waals surface area contributed by atoms with E-state index in [9.17, 15) is 9.59 Å². The zero-order chi connectivity index (χ0) is 11.0. The number of urea groups is 1. The van der Waals surface area contributed by atoms with Crippen molar-refractivity contribution in [3.63, 3.8) is 0 Å². The highest BCUT2D eigenvalue weighted by Gasteiger charge is 2.09. The van der Waals surface area contributed by atoms with Crippen LogP contribution < -0.4 is 10.6 Å². The molecule has 0 aliphatic heterocycles. The summed E-state index contributed by atoms with van der Waals surface area (Å²) >= 11 is 0. The summed E-state index contributed by atoms with van der Waals surface area (Å²) in [6, 6.07) is 1.10. The van der Waals surface area contributed by atoms with Crippen LogP contribution in [-0.2, 0) is 9.53 Å². The van der Waals surface area contributed by atoms with Crippen LogP contribution in [0.2, 0.25) is 0 Å². The summed E-state index contributed by atoms with van der Waals surface area (Å²) in [5, 5.41) is 13.0. The third-order valence-electron chi connectivity index (χ3n) is 1.19. The van der Waals surface area contributed by atoms with Gasteiger partial charge in [-0.25, -0.2) is 9.59 Å². The molecule has 0 unspecified atom stereocenters. The van der Waals surface area contributed by atoms with E-state index in [1.807, 2.05) is 0 Å². The monoisotopic (exact) mass is 197 g/mol. The van der Waals surface area contributed by atoms with E-state index in [0.29, 0.717) is 0 Å². The van der Waals surface area contributed by atoms with Crippen LogP contribution in [0, 0.1) is 11.3 Å². The maximum Gasteiger partial charge on any atom is 0.350 e. The molecule has 14 heavy (non-hydrogen) atoms. The second-order valence-corrected chi connectivity index (χ2v) is 2.11. The van der Waals surface area contributed by atoms with Crippen LogP contribution in [0.1, 0.15) is 6.92 Å². The number of ether oxygens (including phenoxy) is 1. The third-order valence-corrected chi connectivity index (χ3v) is 1.19. The summed E-state index contributed by atoms with van der Waals surface area (Å²) in [6.07, 6.45) is 0.997. The Bertz CT molecular complexity index is 291. The van der Waals surface area contributed by atoms with Gasteiger partial charge in [0.2, 0.25) is 0 Å². The van der Waals surface area contributed by atoms with Gasteiger partial charge in [-0.15, -0.1) is 0 Å². The van der Waals surface area contributed by atoms with Gasteiger partial charge in [-0.05, 0) is 6.92 Å². The Hall–Kier alpha value is -2.03. The van der Waals surface area contributed by atoms with Gasteiger partial charge in [0.1, 0.15) is 6.07 Å². The van der Waals surface area contributed by atoms with Crippen molar-refractivity contribution in [3.05, 3.63) is 11.8 Å². The van der Waals surface area contributed by atoms with Crippen LogP contribution >= 0.6 is 0 Å². The van der Waals surface area contributed by atoms with E-state index in [1.165, 1.54) is 7.05 Å². The first-order chi connectivity index (χ1) is 6.65. The molecule has 0 heterocycles. The lowest BCUT2D eigenvalue weighted by atomic mass is 10.3. The molecule has 0 aromatic heterocycles. The summed E-state index contributed by atoms with van der Waals surface area (Å²) in [4.78, 5) is 21.7. The lowest BCUT2D eigenvalue weighted by Crippen LogP contribution is -2.29. The average Bonchev–Trinajstić information content (AvgIpc) is 2.18. The van der Waals surface area contributed by atoms with Gasteiger partial charge in [0.15, 0.2) is 5.57 Å². The largest absolute Gasteiger partial charge is 0.462 e. The Balaban J connectivity index is 4.34. The molecule has 0 aromatic carbocycles. The number of rotatable bonds is 3. The van der Waals surface area contributed by atoms with Crippen molar-refractivity contribution in [2.24, 2.45) is 0 Å². The van der Waals surface area contributed by atoms with Crippen molar-refractivity contribution < 1.29 is 14.3 Å². The molecule has 76 valence electrons. The molecular formula is C8H11N3O3. The predicted octanol–water partition coefficient (Wildman–Crippen LogP) is -0.114. The van der Waals surface area contributed by atoms with E-state index in [2.05, 4.69) is 15.4 Å². The Labute approximate surface area is 81.5 Å². The van der Waals surface area contributed by atoms with Crippen LogP contribution in [0.4, 0.5) is 4.79 Å². The second kappa shape index (κ2) is 6.48. The summed E-state index contributed by atoms with van der Waals surface area (Å²) in [6.45, 7) is 1.80. The number of esters is 1. The number of nitrogens with one attached hydrogen (secondary N) is 2. The van der Waals surface area contributed by atoms with E-state index in [1.54, 1.807) is 13.0 Å². The van der Waals surface area contributed by atoms with Crippen LogP contribution in [-0.4, -0.2) is 25.7 Å². The van der Waals surface area contributed by atoms with Gasteiger partial charge in [-0.1, -0.05) is 0 Å². The van der Waals surface area contributed by atoms with Gasteiger partial charge in [0, 0.05) is 13.2 Å². The molecule has 0 aliphatic rings. The van der Waals surface area contributed by atoms with E-state index in [0.717, 1.165) is 6.20 Å². The zero-order valence-electron chi connectivity index (χ0n) is 7.96. The smallest absolute Gasteiger partial charge is 0.350 e. The molecule has 0 radical (unpaired) electrons. The van der Waals surface area contributed by atoms with Crippen LogP contribution in [0.5, 0.6) is 0 Å². The van der Waals surface area contributed by atoms with Crippen molar-refractivity contribution >= 4 is 12.0 Å². The Morgan fingerprint density at radius 1 is 1.57 bits per heavy atom. The third kappa shape index (κ3) is 4.11. The second-order valence-electron chi connectivity index (χ2n) is 2.11. The molecule has 0 rings (SSSR count). The maximum absolute atomic E-state index is 11.0. The predicted molar refractivity (Wildman–Crippen MR) is 47.9 cm³/mol. The van der Waals surface area contributed by atoms with Crippen molar-refractivity contribution in [1.29, 1.82) is 5.26 Å². The van der Waals surface area contributed by atoms with Crippen LogP contribution in [0.15, 0.2) is 11.8 Å². The highest BCUT2D eigenvalue weighted by atomic mass is 16.5. The van der Waals surface area contributed by atoms with Gasteiger partial charge in [-0.3, -0.25) is 0 Å². The molecule has 0 bridgehead atoms. The fourth-order valence-corrected chi connectivity index (χ4v) is 0.556. The molecule has 0 spiro atoms. The van der Waals surface area contributed by atoms with Crippen LogP contribution in [0.3, 0.4) is 0 Å². The first-order valence-corrected chi connectivity index (χ1v) is 3.91. The number of nitrogens with zero attached hydrogens (tertiary/aromatic N) is 1. The molecule has 6 nitrogen and oxygen atoms in total.